The smallest absolute Gasteiger partial charge is 0.0644 e. The molecule has 118 valence electrons. The third kappa shape index (κ3) is 2.27. The minimum absolute atomic E-state index is 0.226. The Labute approximate surface area is 152 Å². The molecule has 0 bridgehead atoms. The highest BCUT2D eigenvalue weighted by Gasteiger charge is 2.41. The maximum absolute atomic E-state index is 3.80. The predicted octanol–water partition coefficient (Wildman–Crippen LogP) is 6.20. The molecule has 0 unspecified atom stereocenters. The molecule has 0 N–H and O–H groups in total. The van der Waals surface area contributed by atoms with E-state index in [-0.39, 0.29) is 5.41 Å². The Morgan fingerprint density at radius 1 is 0.708 bits per heavy atom. The van der Waals surface area contributed by atoms with E-state index in [1.807, 2.05) is 0 Å². The van der Waals surface area contributed by atoms with Gasteiger partial charge >= 0.3 is 0 Å². The summed E-state index contributed by atoms with van der Waals surface area (Å²) in [7, 11) is 0. The van der Waals surface area contributed by atoms with Crippen molar-refractivity contribution in [1.29, 1.82) is 0 Å². The van der Waals surface area contributed by atoms with Crippen molar-refractivity contribution < 1.29 is 0 Å². The van der Waals surface area contributed by atoms with E-state index in [1.165, 1.54) is 27.8 Å². The van der Waals surface area contributed by atoms with Crippen molar-refractivity contribution in [3.8, 4) is 0 Å². The van der Waals surface area contributed by atoms with E-state index in [4.69, 9.17) is 0 Å². The van der Waals surface area contributed by atoms with E-state index in [0.29, 0.717) is 4.83 Å². The van der Waals surface area contributed by atoms with E-state index in [1.54, 1.807) is 0 Å². The number of fused-ring (bicyclic) bond motifs is 1. The molecule has 3 aromatic carbocycles. The van der Waals surface area contributed by atoms with Crippen molar-refractivity contribution in [2.45, 2.75) is 17.2 Å². The number of allylic oxidation sites excluding steroid dienone is 2. The summed E-state index contributed by atoms with van der Waals surface area (Å²) >= 11 is 3.80. The van der Waals surface area contributed by atoms with Crippen molar-refractivity contribution in [3.05, 3.63) is 113 Å². The van der Waals surface area contributed by atoms with Gasteiger partial charge in [0.25, 0.3) is 0 Å². The molecule has 0 amide bonds. The predicted molar refractivity (Wildman–Crippen MR) is 106 cm³/mol. The first-order valence-corrected chi connectivity index (χ1v) is 9.23. The van der Waals surface area contributed by atoms with E-state index in [0.717, 1.165) is 0 Å². The van der Waals surface area contributed by atoms with E-state index in [9.17, 15) is 0 Å². The van der Waals surface area contributed by atoms with Crippen LogP contribution in [0.15, 0.2) is 91.0 Å². The van der Waals surface area contributed by atoms with Gasteiger partial charge in [0.1, 0.15) is 0 Å². The van der Waals surface area contributed by atoms with E-state index < -0.39 is 0 Å². The van der Waals surface area contributed by atoms with Crippen LogP contribution in [0.25, 0.3) is 5.57 Å². The van der Waals surface area contributed by atoms with Crippen LogP contribution < -0.4 is 0 Å². The van der Waals surface area contributed by atoms with Gasteiger partial charge in [-0.3, -0.25) is 0 Å². The highest BCUT2D eigenvalue weighted by Crippen LogP contribution is 2.50. The number of hydrogen-bond donors (Lipinski definition) is 0. The van der Waals surface area contributed by atoms with Crippen molar-refractivity contribution in [2.24, 2.45) is 0 Å². The van der Waals surface area contributed by atoms with Crippen LogP contribution in [-0.4, -0.2) is 4.83 Å². The molecule has 3 aromatic rings. The Balaban J connectivity index is 2.09. The molecule has 1 aliphatic rings. The van der Waals surface area contributed by atoms with Crippen LogP contribution in [0, 0.1) is 0 Å². The molecular formula is C23H19Br. The molecule has 4 rings (SSSR count). The van der Waals surface area contributed by atoms with Crippen molar-refractivity contribution >= 4 is 21.5 Å². The summed E-state index contributed by atoms with van der Waals surface area (Å²) in [5.41, 5.74) is 6.46. The maximum Gasteiger partial charge on any atom is 0.0644 e. The van der Waals surface area contributed by atoms with Crippen LogP contribution in [0.4, 0.5) is 0 Å². The van der Waals surface area contributed by atoms with Crippen LogP contribution >= 0.6 is 15.9 Å². The maximum atomic E-state index is 3.80. The molecule has 1 atom stereocenters. The molecule has 0 aromatic heterocycles. The molecule has 0 heterocycles. The van der Waals surface area contributed by atoms with Gasteiger partial charge in [-0.1, -0.05) is 107 Å². The standard InChI is InChI=1S/C23H19Br/c1-17(24)21-16-23(18-10-4-2-5-11-18,19-12-6-3-7-13-19)22-15-9-8-14-20(21)22/h2-17H,1H3/t17-/m0/s1. The number of benzene rings is 3. The number of alkyl halides is 1. The van der Waals surface area contributed by atoms with Crippen LogP contribution in [-0.2, 0) is 5.41 Å². The fourth-order valence-corrected chi connectivity index (χ4v) is 4.22. The van der Waals surface area contributed by atoms with E-state index >= 15 is 0 Å². The summed E-state index contributed by atoms with van der Waals surface area (Å²) in [6, 6.07) is 30.4. The summed E-state index contributed by atoms with van der Waals surface area (Å²) in [4.78, 5) is 0.313. The summed E-state index contributed by atoms with van der Waals surface area (Å²) < 4.78 is 0. The van der Waals surface area contributed by atoms with Crippen LogP contribution in [0.3, 0.4) is 0 Å². The second-order valence-corrected chi connectivity index (χ2v) is 7.67. The molecule has 0 radical (unpaired) electrons. The molecule has 24 heavy (non-hydrogen) atoms. The summed E-state index contributed by atoms with van der Waals surface area (Å²) in [6.07, 6.45) is 2.45. The Kier molecular flexibility index (Phi) is 3.90. The Morgan fingerprint density at radius 3 is 1.75 bits per heavy atom. The van der Waals surface area contributed by atoms with Crippen molar-refractivity contribution in [2.75, 3.05) is 0 Å². The fraction of sp³-hybridized carbons (Fsp3) is 0.130. The number of rotatable bonds is 3. The van der Waals surface area contributed by atoms with Crippen LogP contribution in [0.2, 0.25) is 0 Å². The average molecular weight is 375 g/mol. The van der Waals surface area contributed by atoms with Gasteiger partial charge in [0, 0.05) is 4.83 Å². The van der Waals surface area contributed by atoms with E-state index in [2.05, 4.69) is 114 Å². The molecule has 0 saturated carbocycles. The quantitative estimate of drug-likeness (QED) is 0.478. The van der Waals surface area contributed by atoms with Crippen LogP contribution in [0.1, 0.15) is 29.2 Å². The second-order valence-electron chi connectivity index (χ2n) is 6.30. The van der Waals surface area contributed by atoms with Gasteiger partial charge in [0.05, 0.1) is 5.41 Å². The molecular weight excluding hydrogens is 356 g/mol. The third-order valence-electron chi connectivity index (χ3n) is 4.92. The minimum Gasteiger partial charge on any atom is -0.0842 e. The fourth-order valence-electron chi connectivity index (χ4n) is 3.84. The highest BCUT2D eigenvalue weighted by atomic mass is 79.9. The van der Waals surface area contributed by atoms with Crippen molar-refractivity contribution in [1.82, 2.24) is 0 Å². The molecule has 0 spiro atoms. The first-order valence-electron chi connectivity index (χ1n) is 8.31. The zero-order valence-electron chi connectivity index (χ0n) is 13.6. The lowest BCUT2D eigenvalue weighted by Gasteiger charge is -2.30. The lowest BCUT2D eigenvalue weighted by atomic mass is 9.71. The lowest BCUT2D eigenvalue weighted by Crippen LogP contribution is -2.25. The van der Waals surface area contributed by atoms with Gasteiger partial charge in [-0.2, -0.15) is 0 Å². The molecule has 0 nitrogen and oxygen atoms in total. The Morgan fingerprint density at radius 2 is 1.21 bits per heavy atom. The van der Waals surface area contributed by atoms with Gasteiger partial charge in [-0.05, 0) is 34.8 Å². The summed E-state index contributed by atoms with van der Waals surface area (Å²) in [6.45, 7) is 2.20. The number of halogens is 1. The Hall–Kier alpha value is -2.12. The minimum atomic E-state index is -0.226. The third-order valence-corrected chi connectivity index (χ3v) is 5.41. The first-order chi connectivity index (χ1) is 11.7. The molecule has 1 heteroatoms. The summed E-state index contributed by atoms with van der Waals surface area (Å²) in [5.74, 6) is 0. The topological polar surface area (TPSA) is 0 Å². The molecule has 0 fully saturated rings. The molecule has 0 aliphatic heterocycles. The van der Waals surface area contributed by atoms with Gasteiger partial charge in [-0.25, -0.2) is 0 Å². The first kappa shape index (κ1) is 15.4. The Bertz CT molecular complexity index is 837. The zero-order chi connectivity index (χ0) is 16.6. The summed E-state index contributed by atoms with van der Waals surface area (Å²) in [5, 5.41) is 0. The highest BCUT2D eigenvalue weighted by molar-refractivity contribution is 9.09. The van der Waals surface area contributed by atoms with Crippen molar-refractivity contribution in [3.63, 3.8) is 0 Å². The average Bonchev–Trinajstić information content (AvgIpc) is 3.00. The van der Waals surface area contributed by atoms with Crippen LogP contribution in [0.5, 0.6) is 0 Å². The van der Waals surface area contributed by atoms with Gasteiger partial charge in [-0.15, -0.1) is 0 Å². The van der Waals surface area contributed by atoms with Gasteiger partial charge in [0.2, 0.25) is 0 Å². The zero-order valence-corrected chi connectivity index (χ0v) is 15.2. The number of hydrogen-bond acceptors (Lipinski definition) is 0. The molecule has 0 saturated heterocycles. The van der Waals surface area contributed by atoms with Gasteiger partial charge in [0.15, 0.2) is 0 Å². The largest absolute Gasteiger partial charge is 0.0842 e. The second kappa shape index (κ2) is 6.07. The van der Waals surface area contributed by atoms with Gasteiger partial charge < -0.3 is 0 Å². The normalized spacial score (nSPS) is 16.3. The SMILES string of the molecule is C[C@H](Br)C1=CC(c2ccccc2)(c2ccccc2)c2ccccc21. The molecule has 1 aliphatic carbocycles. The monoisotopic (exact) mass is 374 g/mol. The lowest BCUT2D eigenvalue weighted by molar-refractivity contribution is 0.794.